The van der Waals surface area contributed by atoms with Gasteiger partial charge in [0.15, 0.2) is 12.4 Å². The Morgan fingerprint density at radius 3 is 2.52 bits per heavy atom. The van der Waals surface area contributed by atoms with Crippen LogP contribution in [0, 0.1) is 6.92 Å². The first-order valence-corrected chi connectivity index (χ1v) is 8.19. The molecular formula is C19H19N5O3. The second-order valence-electron chi connectivity index (χ2n) is 5.68. The Morgan fingerprint density at radius 1 is 1.07 bits per heavy atom. The van der Waals surface area contributed by atoms with E-state index in [2.05, 4.69) is 20.3 Å². The first-order chi connectivity index (χ1) is 13.0. The third kappa shape index (κ3) is 4.69. The number of anilines is 3. The van der Waals surface area contributed by atoms with Gasteiger partial charge in [-0.2, -0.15) is 15.0 Å². The molecule has 0 aliphatic rings. The molecule has 138 valence electrons. The van der Waals surface area contributed by atoms with Crippen molar-refractivity contribution in [2.45, 2.75) is 13.5 Å². The molecule has 0 spiro atoms. The van der Waals surface area contributed by atoms with Crippen molar-refractivity contribution in [3.8, 4) is 5.75 Å². The van der Waals surface area contributed by atoms with E-state index in [9.17, 15) is 4.79 Å². The first-order valence-electron chi connectivity index (χ1n) is 8.19. The van der Waals surface area contributed by atoms with E-state index < -0.39 is 5.97 Å². The van der Waals surface area contributed by atoms with Gasteiger partial charge in [-0.05, 0) is 42.8 Å². The van der Waals surface area contributed by atoms with Crippen LogP contribution >= 0.6 is 0 Å². The summed E-state index contributed by atoms with van der Waals surface area (Å²) in [7, 11) is 1.56. The van der Waals surface area contributed by atoms with Gasteiger partial charge in [-0.15, -0.1) is 0 Å². The molecule has 1 aromatic heterocycles. The van der Waals surface area contributed by atoms with Crippen LogP contribution in [-0.2, 0) is 11.3 Å². The summed E-state index contributed by atoms with van der Waals surface area (Å²) in [4.78, 5) is 24.5. The molecule has 0 radical (unpaired) electrons. The van der Waals surface area contributed by atoms with E-state index in [1.54, 1.807) is 31.4 Å². The molecule has 0 fully saturated rings. The lowest BCUT2D eigenvalue weighted by atomic mass is 10.2. The molecule has 0 unspecified atom stereocenters. The van der Waals surface area contributed by atoms with Crippen LogP contribution in [0.25, 0.3) is 0 Å². The maximum atomic E-state index is 12.1. The average molecular weight is 365 g/mol. The van der Waals surface area contributed by atoms with E-state index >= 15 is 0 Å². The fraction of sp³-hybridized carbons (Fsp3) is 0.158. The van der Waals surface area contributed by atoms with E-state index in [-0.39, 0.29) is 24.3 Å². The third-order valence-electron chi connectivity index (χ3n) is 3.75. The lowest BCUT2D eigenvalue weighted by Crippen LogP contribution is -2.11. The second kappa shape index (κ2) is 8.13. The molecule has 0 amide bonds. The maximum absolute atomic E-state index is 12.1. The fourth-order valence-corrected chi connectivity index (χ4v) is 2.33. The molecule has 0 saturated carbocycles. The minimum Gasteiger partial charge on any atom is -0.497 e. The first kappa shape index (κ1) is 18.1. The number of esters is 1. The minimum atomic E-state index is -0.495. The molecule has 0 aliphatic carbocycles. The van der Waals surface area contributed by atoms with Crippen LogP contribution in [-0.4, -0.2) is 28.0 Å². The van der Waals surface area contributed by atoms with E-state index in [0.29, 0.717) is 11.3 Å². The summed E-state index contributed by atoms with van der Waals surface area (Å²) >= 11 is 0. The molecule has 0 atom stereocenters. The lowest BCUT2D eigenvalue weighted by Gasteiger charge is -2.10. The second-order valence-corrected chi connectivity index (χ2v) is 5.68. The standard InChI is InChI=1S/C19H19N5O3/c1-12-5-3-4-6-15(12)21-19-23-16(22-18(20)24-19)11-27-17(25)13-7-9-14(26-2)10-8-13/h3-10H,11H2,1-2H3,(H3,20,21,22,23,24). The number of rotatable bonds is 6. The molecule has 0 aliphatic heterocycles. The van der Waals surface area contributed by atoms with Crippen LogP contribution in [0.2, 0.25) is 0 Å². The van der Waals surface area contributed by atoms with E-state index in [0.717, 1.165) is 11.3 Å². The van der Waals surface area contributed by atoms with Crippen molar-refractivity contribution in [2.24, 2.45) is 0 Å². The molecule has 3 N–H and O–H groups in total. The number of aryl methyl sites for hydroxylation is 1. The Labute approximate surface area is 156 Å². The molecular weight excluding hydrogens is 346 g/mol. The van der Waals surface area contributed by atoms with Gasteiger partial charge >= 0.3 is 5.97 Å². The normalized spacial score (nSPS) is 10.3. The molecule has 3 rings (SSSR count). The van der Waals surface area contributed by atoms with Crippen molar-refractivity contribution in [3.05, 3.63) is 65.5 Å². The van der Waals surface area contributed by atoms with Gasteiger partial charge < -0.3 is 20.5 Å². The van der Waals surface area contributed by atoms with Gasteiger partial charge in [0.1, 0.15) is 5.75 Å². The van der Waals surface area contributed by atoms with E-state index in [4.69, 9.17) is 15.2 Å². The zero-order chi connectivity index (χ0) is 19.2. The summed E-state index contributed by atoms with van der Waals surface area (Å²) in [6, 6.07) is 14.3. The van der Waals surface area contributed by atoms with Crippen LogP contribution in [0.1, 0.15) is 21.7 Å². The van der Waals surface area contributed by atoms with Crippen molar-refractivity contribution in [3.63, 3.8) is 0 Å². The number of para-hydroxylation sites is 1. The molecule has 27 heavy (non-hydrogen) atoms. The van der Waals surface area contributed by atoms with Crippen molar-refractivity contribution < 1.29 is 14.3 Å². The summed E-state index contributed by atoms with van der Waals surface area (Å²) in [6.45, 7) is 1.84. The zero-order valence-corrected chi connectivity index (χ0v) is 15.0. The quantitative estimate of drug-likeness (QED) is 0.641. The van der Waals surface area contributed by atoms with Gasteiger partial charge in [-0.3, -0.25) is 0 Å². The van der Waals surface area contributed by atoms with Gasteiger partial charge in [-0.25, -0.2) is 4.79 Å². The summed E-state index contributed by atoms with van der Waals surface area (Å²) in [5.41, 5.74) is 8.03. The topological polar surface area (TPSA) is 112 Å². The van der Waals surface area contributed by atoms with E-state index in [1.165, 1.54) is 0 Å². The summed E-state index contributed by atoms with van der Waals surface area (Å²) < 4.78 is 10.3. The van der Waals surface area contributed by atoms with Gasteiger partial charge in [0, 0.05) is 5.69 Å². The highest BCUT2D eigenvalue weighted by Crippen LogP contribution is 2.18. The number of aromatic nitrogens is 3. The van der Waals surface area contributed by atoms with Crippen molar-refractivity contribution in [1.29, 1.82) is 0 Å². The molecule has 0 bridgehead atoms. The van der Waals surface area contributed by atoms with Gasteiger partial charge in [0.05, 0.1) is 12.7 Å². The predicted molar refractivity (Wildman–Crippen MR) is 101 cm³/mol. The average Bonchev–Trinajstić information content (AvgIpc) is 2.67. The molecule has 2 aromatic carbocycles. The number of methoxy groups -OCH3 is 1. The molecule has 3 aromatic rings. The van der Waals surface area contributed by atoms with Crippen molar-refractivity contribution in [1.82, 2.24) is 15.0 Å². The number of nitrogens with zero attached hydrogens (tertiary/aromatic N) is 3. The predicted octanol–water partition coefficient (Wildman–Crippen LogP) is 2.87. The van der Waals surface area contributed by atoms with E-state index in [1.807, 2.05) is 31.2 Å². The maximum Gasteiger partial charge on any atom is 0.338 e. The number of hydrogen-bond donors (Lipinski definition) is 2. The molecule has 8 heteroatoms. The Hall–Kier alpha value is -3.68. The number of nitrogens with two attached hydrogens (primary N) is 1. The Balaban J connectivity index is 1.68. The Bertz CT molecular complexity index is 944. The molecule has 1 heterocycles. The minimum absolute atomic E-state index is 0.0385. The fourth-order valence-electron chi connectivity index (χ4n) is 2.33. The van der Waals surface area contributed by atoms with Crippen LogP contribution in [0.3, 0.4) is 0 Å². The summed E-state index contributed by atoms with van der Waals surface area (Å²) in [5, 5.41) is 3.09. The summed E-state index contributed by atoms with van der Waals surface area (Å²) in [5.74, 6) is 0.734. The third-order valence-corrected chi connectivity index (χ3v) is 3.75. The van der Waals surface area contributed by atoms with Crippen LogP contribution in [0.5, 0.6) is 5.75 Å². The highest BCUT2D eigenvalue weighted by Gasteiger charge is 2.11. The number of nitrogens with one attached hydrogen (secondary N) is 1. The van der Waals surface area contributed by atoms with Gasteiger partial charge in [0.25, 0.3) is 0 Å². The number of benzene rings is 2. The lowest BCUT2D eigenvalue weighted by molar-refractivity contribution is 0.0462. The Morgan fingerprint density at radius 2 is 1.81 bits per heavy atom. The van der Waals surface area contributed by atoms with Crippen molar-refractivity contribution >= 4 is 23.6 Å². The van der Waals surface area contributed by atoms with Crippen LogP contribution < -0.4 is 15.8 Å². The smallest absolute Gasteiger partial charge is 0.338 e. The number of carbonyl (C=O) groups excluding carboxylic acids is 1. The molecule has 8 nitrogen and oxygen atoms in total. The van der Waals surface area contributed by atoms with Gasteiger partial charge in [-0.1, -0.05) is 18.2 Å². The number of nitrogen functional groups attached to an aromatic ring is 1. The Kier molecular flexibility index (Phi) is 5.46. The van der Waals surface area contributed by atoms with Gasteiger partial charge in [0.2, 0.25) is 11.9 Å². The highest BCUT2D eigenvalue weighted by molar-refractivity contribution is 5.89. The SMILES string of the molecule is COc1ccc(C(=O)OCc2nc(N)nc(Nc3ccccc3C)n2)cc1. The van der Waals surface area contributed by atoms with Crippen LogP contribution in [0.4, 0.5) is 17.6 Å². The number of hydrogen-bond acceptors (Lipinski definition) is 8. The van der Waals surface area contributed by atoms with Crippen LogP contribution in [0.15, 0.2) is 48.5 Å². The highest BCUT2D eigenvalue weighted by atomic mass is 16.5. The zero-order valence-electron chi connectivity index (χ0n) is 15.0. The molecule has 0 saturated heterocycles. The van der Waals surface area contributed by atoms with Crippen molar-refractivity contribution in [2.75, 3.05) is 18.2 Å². The number of carbonyl (C=O) groups is 1. The summed E-state index contributed by atoms with van der Waals surface area (Å²) in [6.07, 6.45) is 0. The monoisotopic (exact) mass is 365 g/mol. The largest absolute Gasteiger partial charge is 0.497 e. The number of ether oxygens (including phenoxy) is 2.